The fourth-order valence-corrected chi connectivity index (χ4v) is 1.83. The molecule has 116 valence electrons. The number of nitro groups is 1. The number of thioether (sulfide) groups is 1. The zero-order valence-corrected chi connectivity index (χ0v) is 13.4. The minimum atomic E-state index is -0.500. The third-order valence-corrected chi connectivity index (χ3v) is 3.06. The van der Waals surface area contributed by atoms with Crippen molar-refractivity contribution >= 4 is 17.4 Å². The zero-order valence-electron chi connectivity index (χ0n) is 12.6. The van der Waals surface area contributed by atoms with Gasteiger partial charge in [0.25, 0.3) is 0 Å². The predicted octanol–water partition coefficient (Wildman–Crippen LogP) is 2.73. The van der Waals surface area contributed by atoms with Gasteiger partial charge in [-0.05, 0) is 37.4 Å². The molecule has 22 heavy (non-hydrogen) atoms. The van der Waals surface area contributed by atoms with E-state index >= 15 is 0 Å². The molecule has 0 fully saturated rings. The fraction of sp³-hybridized carbons (Fsp3) is 0.214. The Labute approximate surface area is 132 Å². The first-order valence-corrected chi connectivity index (χ1v) is 7.55. The van der Waals surface area contributed by atoms with Gasteiger partial charge in [0.2, 0.25) is 0 Å². The molecule has 0 aliphatic carbocycles. The van der Waals surface area contributed by atoms with Crippen molar-refractivity contribution in [2.24, 2.45) is 0 Å². The van der Waals surface area contributed by atoms with E-state index in [1.165, 1.54) is 4.90 Å². The van der Waals surface area contributed by atoms with Crippen LogP contribution in [0.5, 0.6) is 0 Å². The van der Waals surface area contributed by atoms with E-state index in [0.29, 0.717) is 0 Å². The number of hydrogen-bond donors (Lipinski definition) is 0. The van der Waals surface area contributed by atoms with Crippen LogP contribution in [-0.2, 0) is 0 Å². The molecular formula is C14H17N5O2S. The first-order valence-electron chi connectivity index (χ1n) is 6.33. The Bertz CT molecular complexity index is 672. The number of pyridine rings is 2. The molecule has 0 amide bonds. The number of fused-ring (bicyclic) bond motifs is 1. The summed E-state index contributed by atoms with van der Waals surface area (Å²) in [4.78, 5) is 13.3. The summed E-state index contributed by atoms with van der Waals surface area (Å²) in [6.07, 6.45) is 7.61. The van der Waals surface area contributed by atoms with Gasteiger partial charge in [0.05, 0.1) is 0 Å². The van der Waals surface area contributed by atoms with Gasteiger partial charge in [0, 0.05) is 28.4 Å². The van der Waals surface area contributed by atoms with Gasteiger partial charge >= 0.3 is 0 Å². The first-order chi connectivity index (χ1) is 10.5. The second-order valence-corrected chi connectivity index (χ2v) is 4.89. The summed E-state index contributed by atoms with van der Waals surface area (Å²) >= 11 is 1.72. The van der Waals surface area contributed by atoms with Crippen LogP contribution in [0.25, 0.3) is 5.65 Å². The topological polar surface area (TPSA) is 86.2 Å². The average molecular weight is 319 g/mol. The lowest BCUT2D eigenvalue weighted by Gasteiger charge is -1.97. The van der Waals surface area contributed by atoms with Crippen molar-refractivity contribution in [1.82, 2.24) is 19.6 Å². The summed E-state index contributed by atoms with van der Waals surface area (Å²) < 4.78 is 1.99. The number of rotatable bonds is 1. The molecule has 3 rings (SSSR count). The molecule has 0 bridgehead atoms. The minimum absolute atomic E-state index is 0.500. The van der Waals surface area contributed by atoms with Crippen molar-refractivity contribution in [2.75, 3.05) is 13.3 Å². The van der Waals surface area contributed by atoms with Crippen LogP contribution in [0.2, 0.25) is 0 Å². The lowest BCUT2D eigenvalue weighted by Crippen LogP contribution is -1.87. The third kappa shape index (κ3) is 6.31. The smallest absolute Gasteiger partial charge is 0.194 e. The van der Waals surface area contributed by atoms with Crippen LogP contribution in [0.4, 0.5) is 0 Å². The van der Waals surface area contributed by atoms with Crippen LogP contribution in [-0.4, -0.2) is 37.8 Å². The highest BCUT2D eigenvalue weighted by atomic mass is 32.2. The van der Waals surface area contributed by atoms with Crippen LogP contribution in [0.1, 0.15) is 5.82 Å². The molecule has 0 unspecified atom stereocenters. The lowest BCUT2D eigenvalue weighted by molar-refractivity contribution is -0.445. The highest BCUT2D eigenvalue weighted by molar-refractivity contribution is 7.98. The highest BCUT2D eigenvalue weighted by Gasteiger charge is 1.99. The second kappa shape index (κ2) is 9.46. The summed E-state index contributed by atoms with van der Waals surface area (Å²) in [6.45, 7) is 1.95. The molecule has 0 saturated heterocycles. The van der Waals surface area contributed by atoms with E-state index in [2.05, 4.69) is 27.6 Å². The van der Waals surface area contributed by atoms with E-state index in [1.807, 2.05) is 41.7 Å². The Morgan fingerprint density at radius 2 is 1.82 bits per heavy atom. The molecule has 0 atom stereocenters. The fourth-order valence-electron chi connectivity index (χ4n) is 1.42. The van der Waals surface area contributed by atoms with E-state index in [0.717, 1.165) is 18.5 Å². The number of aryl methyl sites for hydroxylation is 1. The van der Waals surface area contributed by atoms with Crippen molar-refractivity contribution in [1.29, 1.82) is 0 Å². The van der Waals surface area contributed by atoms with Crippen LogP contribution in [0.15, 0.2) is 53.8 Å². The largest absolute Gasteiger partial charge is 0.286 e. The molecule has 8 heteroatoms. The van der Waals surface area contributed by atoms with Crippen molar-refractivity contribution < 1.29 is 4.92 Å². The van der Waals surface area contributed by atoms with Crippen LogP contribution in [0.3, 0.4) is 0 Å². The maximum Gasteiger partial charge on any atom is 0.194 e. The van der Waals surface area contributed by atoms with Gasteiger partial charge in [0.15, 0.2) is 12.7 Å². The van der Waals surface area contributed by atoms with Crippen molar-refractivity contribution in [3.8, 4) is 0 Å². The third-order valence-electron chi connectivity index (χ3n) is 2.35. The maximum absolute atomic E-state index is 8.81. The lowest BCUT2D eigenvalue weighted by atomic mass is 10.5. The molecule has 0 aliphatic heterocycles. The van der Waals surface area contributed by atoms with Crippen LogP contribution in [0, 0.1) is 17.0 Å². The molecule has 0 spiro atoms. The van der Waals surface area contributed by atoms with E-state index in [4.69, 9.17) is 10.1 Å². The molecule has 0 aliphatic rings. The summed E-state index contributed by atoms with van der Waals surface area (Å²) in [5, 5.41) is 16.8. The standard InChI is InChI=1S/C8H9N3S.C5H5N.CH3NO2/c1-6-9-10-8-4-3-7(12-2)5-11(6)8;1-2-4-6-5-3-1;1-2(3)4/h3-5H,1-2H3;1-5H;1H3. The molecule has 3 aromatic heterocycles. The molecule has 3 aromatic rings. The molecule has 0 aromatic carbocycles. The highest BCUT2D eigenvalue weighted by Crippen LogP contribution is 2.15. The van der Waals surface area contributed by atoms with Gasteiger partial charge in [-0.15, -0.1) is 22.0 Å². The minimum Gasteiger partial charge on any atom is -0.286 e. The normalized spacial score (nSPS) is 9.23. The number of nitrogens with zero attached hydrogens (tertiary/aromatic N) is 5. The molecule has 0 N–H and O–H groups in total. The van der Waals surface area contributed by atoms with Gasteiger partial charge in [0.1, 0.15) is 5.82 Å². The van der Waals surface area contributed by atoms with Crippen LogP contribution < -0.4 is 0 Å². The number of aromatic nitrogens is 4. The van der Waals surface area contributed by atoms with Gasteiger partial charge < -0.3 is 0 Å². The van der Waals surface area contributed by atoms with Crippen molar-refractivity contribution in [2.45, 2.75) is 11.8 Å². The Kier molecular flexibility index (Phi) is 7.55. The number of hydrogen-bond acceptors (Lipinski definition) is 6. The second-order valence-electron chi connectivity index (χ2n) is 4.01. The Balaban J connectivity index is 0.000000203. The van der Waals surface area contributed by atoms with Gasteiger partial charge in [-0.1, -0.05) is 6.07 Å². The van der Waals surface area contributed by atoms with E-state index in [1.54, 1.807) is 24.2 Å². The molecule has 0 saturated carbocycles. The summed E-state index contributed by atoms with van der Waals surface area (Å²) in [6, 6.07) is 9.74. The molecular weight excluding hydrogens is 302 g/mol. The predicted molar refractivity (Wildman–Crippen MR) is 86.7 cm³/mol. The average Bonchev–Trinajstić information content (AvgIpc) is 2.90. The molecule has 7 nitrogen and oxygen atoms in total. The zero-order chi connectivity index (χ0) is 16.4. The quantitative estimate of drug-likeness (QED) is 0.389. The Morgan fingerprint density at radius 3 is 2.27 bits per heavy atom. The molecule has 3 heterocycles. The van der Waals surface area contributed by atoms with Crippen molar-refractivity contribution in [3.05, 3.63) is 64.9 Å². The first kappa shape index (κ1) is 17.6. The van der Waals surface area contributed by atoms with E-state index in [-0.39, 0.29) is 0 Å². The maximum atomic E-state index is 8.81. The van der Waals surface area contributed by atoms with Crippen molar-refractivity contribution in [3.63, 3.8) is 0 Å². The van der Waals surface area contributed by atoms with E-state index in [9.17, 15) is 0 Å². The summed E-state index contributed by atoms with van der Waals surface area (Å²) in [5.74, 6) is 0.931. The van der Waals surface area contributed by atoms with Gasteiger partial charge in [-0.2, -0.15) is 0 Å². The molecule has 0 radical (unpaired) electrons. The van der Waals surface area contributed by atoms with E-state index < -0.39 is 4.92 Å². The van der Waals surface area contributed by atoms with Gasteiger partial charge in [-0.3, -0.25) is 19.5 Å². The summed E-state index contributed by atoms with van der Waals surface area (Å²) in [5.41, 5.74) is 0.908. The van der Waals surface area contributed by atoms with Gasteiger partial charge in [-0.25, -0.2) is 0 Å². The summed E-state index contributed by atoms with van der Waals surface area (Å²) in [7, 11) is 0.889. The Hall–Kier alpha value is -2.48. The SMILES string of the molecule is CSc1ccc2nnc(C)n2c1.C[N+](=O)[O-].c1ccncc1. The Morgan fingerprint density at radius 1 is 1.18 bits per heavy atom. The monoisotopic (exact) mass is 319 g/mol. The van der Waals surface area contributed by atoms with Crippen LogP contribution >= 0.6 is 11.8 Å².